The third-order valence-corrected chi connectivity index (χ3v) is 3.51. The number of ether oxygens (including phenoxy) is 2. The van der Waals surface area contributed by atoms with Gasteiger partial charge in [-0.2, -0.15) is 0 Å². The van der Waals surface area contributed by atoms with Gasteiger partial charge in [-0.25, -0.2) is 0 Å². The van der Waals surface area contributed by atoms with Crippen LogP contribution in [0.4, 0.5) is 5.69 Å². The van der Waals surface area contributed by atoms with Crippen molar-refractivity contribution in [1.82, 2.24) is 0 Å². The highest BCUT2D eigenvalue weighted by Crippen LogP contribution is 2.31. The summed E-state index contributed by atoms with van der Waals surface area (Å²) >= 11 is 6.10. The lowest BCUT2D eigenvalue weighted by atomic mass is 10.1. The molecule has 3 nitrogen and oxygen atoms in total. The van der Waals surface area contributed by atoms with E-state index in [2.05, 4.69) is 5.32 Å². The van der Waals surface area contributed by atoms with Gasteiger partial charge in [-0.05, 0) is 36.2 Å². The third-order valence-electron chi connectivity index (χ3n) is 3.10. The van der Waals surface area contributed by atoms with E-state index in [4.69, 9.17) is 21.1 Å². The minimum absolute atomic E-state index is 0.689. The van der Waals surface area contributed by atoms with E-state index in [0.29, 0.717) is 11.6 Å². The van der Waals surface area contributed by atoms with Crippen molar-refractivity contribution in [3.8, 4) is 11.5 Å². The monoisotopic (exact) mass is 291 g/mol. The lowest BCUT2D eigenvalue weighted by Crippen LogP contribution is -2.02. The first-order chi connectivity index (χ1) is 9.63. The molecule has 0 aliphatic rings. The van der Waals surface area contributed by atoms with Crippen molar-refractivity contribution in [1.29, 1.82) is 0 Å². The minimum atomic E-state index is 0.689. The largest absolute Gasteiger partial charge is 0.497 e. The van der Waals surface area contributed by atoms with E-state index in [-0.39, 0.29) is 0 Å². The fraction of sp³-hybridized carbons (Fsp3) is 0.250. The molecule has 0 aromatic heterocycles. The molecule has 2 aromatic carbocycles. The molecule has 0 radical (unpaired) electrons. The smallest absolute Gasteiger partial charge is 0.143 e. The third kappa shape index (κ3) is 3.36. The van der Waals surface area contributed by atoms with Crippen molar-refractivity contribution in [3.63, 3.8) is 0 Å². The summed E-state index contributed by atoms with van der Waals surface area (Å²) in [4.78, 5) is 0. The van der Waals surface area contributed by atoms with Crippen LogP contribution in [-0.4, -0.2) is 14.2 Å². The van der Waals surface area contributed by atoms with E-state index in [1.807, 2.05) is 43.3 Å². The molecule has 0 unspecified atom stereocenters. The van der Waals surface area contributed by atoms with Crippen LogP contribution < -0.4 is 14.8 Å². The molecule has 20 heavy (non-hydrogen) atoms. The van der Waals surface area contributed by atoms with Gasteiger partial charge in [-0.1, -0.05) is 23.7 Å². The van der Waals surface area contributed by atoms with Crippen molar-refractivity contribution in [2.75, 3.05) is 19.5 Å². The number of anilines is 1. The molecule has 4 heteroatoms. The maximum absolute atomic E-state index is 6.10. The fourth-order valence-corrected chi connectivity index (χ4v) is 2.10. The van der Waals surface area contributed by atoms with Gasteiger partial charge in [0.15, 0.2) is 0 Å². The fourth-order valence-electron chi connectivity index (χ4n) is 1.95. The van der Waals surface area contributed by atoms with Crippen LogP contribution in [0.5, 0.6) is 11.5 Å². The van der Waals surface area contributed by atoms with Crippen LogP contribution in [-0.2, 0) is 6.54 Å². The second kappa shape index (κ2) is 6.53. The molecule has 106 valence electrons. The zero-order chi connectivity index (χ0) is 14.5. The molecular weight excluding hydrogens is 274 g/mol. The molecule has 0 saturated carbocycles. The van der Waals surface area contributed by atoms with Gasteiger partial charge in [0, 0.05) is 17.6 Å². The maximum Gasteiger partial charge on any atom is 0.143 e. The second-order valence-electron chi connectivity index (χ2n) is 4.51. The van der Waals surface area contributed by atoms with Crippen LogP contribution in [0.3, 0.4) is 0 Å². The lowest BCUT2D eigenvalue weighted by molar-refractivity contribution is 0.414. The molecule has 2 aromatic rings. The number of halogens is 1. The zero-order valence-corrected chi connectivity index (χ0v) is 12.6. The molecule has 2 rings (SSSR count). The first kappa shape index (κ1) is 14.5. The predicted molar refractivity (Wildman–Crippen MR) is 83.1 cm³/mol. The zero-order valence-electron chi connectivity index (χ0n) is 11.9. The Hall–Kier alpha value is -1.87. The Labute approximate surface area is 124 Å². The van der Waals surface area contributed by atoms with Gasteiger partial charge < -0.3 is 14.8 Å². The van der Waals surface area contributed by atoms with Crippen molar-refractivity contribution in [3.05, 3.63) is 52.5 Å². The summed E-state index contributed by atoms with van der Waals surface area (Å²) in [5.41, 5.74) is 3.08. The van der Waals surface area contributed by atoms with Gasteiger partial charge in [0.2, 0.25) is 0 Å². The highest BCUT2D eigenvalue weighted by molar-refractivity contribution is 6.31. The average molecular weight is 292 g/mol. The first-order valence-electron chi connectivity index (χ1n) is 6.35. The average Bonchev–Trinajstić information content (AvgIpc) is 2.48. The van der Waals surface area contributed by atoms with E-state index in [1.165, 1.54) is 0 Å². The van der Waals surface area contributed by atoms with Crippen molar-refractivity contribution in [2.45, 2.75) is 13.5 Å². The van der Waals surface area contributed by atoms with E-state index in [9.17, 15) is 0 Å². The molecule has 0 atom stereocenters. The van der Waals surface area contributed by atoms with E-state index in [0.717, 1.165) is 28.3 Å². The van der Waals surface area contributed by atoms with Crippen LogP contribution in [0.2, 0.25) is 5.02 Å². The molecule has 0 aliphatic carbocycles. The first-order valence-corrected chi connectivity index (χ1v) is 6.72. The highest BCUT2D eigenvalue weighted by atomic mass is 35.5. The molecule has 1 N–H and O–H groups in total. The number of hydrogen-bond acceptors (Lipinski definition) is 3. The highest BCUT2D eigenvalue weighted by Gasteiger charge is 2.07. The van der Waals surface area contributed by atoms with Crippen LogP contribution in [0.1, 0.15) is 11.1 Å². The molecule has 0 amide bonds. The molecule has 0 heterocycles. The van der Waals surface area contributed by atoms with E-state index >= 15 is 0 Å². The molecule has 0 aliphatic heterocycles. The van der Waals surface area contributed by atoms with Crippen molar-refractivity contribution >= 4 is 17.3 Å². The summed E-state index contributed by atoms with van der Waals surface area (Å²) in [7, 11) is 3.30. The Morgan fingerprint density at radius 2 is 1.90 bits per heavy atom. The van der Waals surface area contributed by atoms with Gasteiger partial charge in [-0.3, -0.25) is 0 Å². The molecular formula is C16H18ClNO2. The number of aryl methyl sites for hydroxylation is 1. The Balaban J connectivity index is 2.15. The number of nitrogens with one attached hydrogen (secondary N) is 1. The topological polar surface area (TPSA) is 30.5 Å². The van der Waals surface area contributed by atoms with Gasteiger partial charge in [0.25, 0.3) is 0 Å². The lowest BCUT2D eigenvalue weighted by Gasteiger charge is -2.13. The van der Waals surface area contributed by atoms with E-state index in [1.54, 1.807) is 14.2 Å². The van der Waals surface area contributed by atoms with Crippen molar-refractivity contribution in [2.24, 2.45) is 0 Å². The Bertz CT molecular complexity index is 599. The standard InChI is InChI=1S/C16H18ClNO2/c1-11-7-15(16(20-3)9-14(11)17)18-10-12-5-4-6-13(8-12)19-2/h4-9,18H,10H2,1-3H3. The van der Waals surface area contributed by atoms with Crippen molar-refractivity contribution < 1.29 is 9.47 Å². The summed E-state index contributed by atoms with van der Waals surface area (Å²) in [5.74, 6) is 1.59. The summed E-state index contributed by atoms with van der Waals surface area (Å²) in [6, 6.07) is 11.8. The quantitative estimate of drug-likeness (QED) is 0.892. The van der Waals surface area contributed by atoms with Gasteiger partial charge in [-0.15, -0.1) is 0 Å². The Morgan fingerprint density at radius 3 is 2.60 bits per heavy atom. The molecule has 0 bridgehead atoms. The summed E-state index contributed by atoms with van der Waals surface area (Å²) in [5, 5.41) is 4.06. The van der Waals surface area contributed by atoms with Gasteiger partial charge in [0.1, 0.15) is 11.5 Å². The minimum Gasteiger partial charge on any atom is -0.497 e. The van der Waals surface area contributed by atoms with Crippen LogP contribution in [0.25, 0.3) is 0 Å². The normalized spacial score (nSPS) is 10.2. The molecule has 0 saturated heterocycles. The van der Waals surface area contributed by atoms with Crippen LogP contribution in [0, 0.1) is 6.92 Å². The van der Waals surface area contributed by atoms with Crippen LogP contribution in [0.15, 0.2) is 36.4 Å². The summed E-state index contributed by atoms with van der Waals surface area (Å²) in [6.07, 6.45) is 0. The van der Waals surface area contributed by atoms with Crippen LogP contribution >= 0.6 is 11.6 Å². The maximum atomic E-state index is 6.10. The van der Waals surface area contributed by atoms with Gasteiger partial charge in [0.05, 0.1) is 19.9 Å². The Morgan fingerprint density at radius 1 is 1.10 bits per heavy atom. The molecule has 0 spiro atoms. The summed E-state index contributed by atoms with van der Waals surface area (Å²) < 4.78 is 10.6. The number of methoxy groups -OCH3 is 2. The predicted octanol–water partition coefficient (Wildman–Crippen LogP) is 4.28. The summed E-state index contributed by atoms with van der Waals surface area (Å²) in [6.45, 7) is 2.66. The number of hydrogen-bond donors (Lipinski definition) is 1. The number of benzene rings is 2. The Kier molecular flexibility index (Phi) is 4.74. The van der Waals surface area contributed by atoms with E-state index < -0.39 is 0 Å². The molecule has 0 fully saturated rings. The number of rotatable bonds is 5. The second-order valence-corrected chi connectivity index (χ2v) is 4.91. The SMILES string of the molecule is COc1cccc(CNc2cc(C)c(Cl)cc2OC)c1. The van der Waals surface area contributed by atoms with Gasteiger partial charge >= 0.3 is 0 Å².